The monoisotopic (exact) mass is 447 g/mol. The fraction of sp³-hybridized carbons (Fsp3) is 0.714. The van der Waals surface area contributed by atoms with Crippen LogP contribution in [0.4, 0.5) is 5.69 Å². The molecule has 5 nitrogen and oxygen atoms in total. The van der Waals surface area contributed by atoms with E-state index in [0.717, 1.165) is 61.0 Å². The van der Waals surface area contributed by atoms with E-state index in [2.05, 4.69) is 29.4 Å². The first-order valence-corrected chi connectivity index (χ1v) is 13.4. The highest BCUT2D eigenvalue weighted by atomic mass is 16.3. The first kappa shape index (κ1) is 20.6. The Hall–Kier alpha value is -1.72. The molecule has 1 aromatic rings. The lowest BCUT2D eigenvalue weighted by atomic mass is 9.52. The summed E-state index contributed by atoms with van der Waals surface area (Å²) in [6.45, 7) is 0. The minimum atomic E-state index is -0.430. The number of anilines is 1. The minimum absolute atomic E-state index is 0.268. The zero-order valence-electron chi connectivity index (χ0n) is 19.8. The van der Waals surface area contributed by atoms with E-state index in [-0.39, 0.29) is 5.78 Å². The quantitative estimate of drug-likeness (QED) is 0.653. The molecule has 0 radical (unpaired) electrons. The van der Waals surface area contributed by atoms with Crippen LogP contribution in [0.2, 0.25) is 0 Å². The van der Waals surface area contributed by atoms with Gasteiger partial charge in [0.15, 0.2) is 5.78 Å². The molecule has 1 aromatic heterocycles. The van der Waals surface area contributed by atoms with Crippen molar-refractivity contribution in [2.24, 2.45) is 23.7 Å². The number of allylic oxidation sites excluding steroid dienone is 1. The van der Waals surface area contributed by atoms with E-state index < -0.39 is 5.60 Å². The number of carbonyl (C=O) groups is 1. The number of ketones is 1. The van der Waals surface area contributed by atoms with Crippen LogP contribution < -0.4 is 5.32 Å². The van der Waals surface area contributed by atoms with E-state index in [0.29, 0.717) is 48.2 Å². The van der Waals surface area contributed by atoms with Crippen molar-refractivity contribution >= 4 is 17.5 Å². The second-order valence-corrected chi connectivity index (χ2v) is 12.4. The van der Waals surface area contributed by atoms with Gasteiger partial charge in [-0.15, -0.1) is 0 Å². The maximum atomic E-state index is 13.7. The molecule has 5 aliphatic carbocycles. The summed E-state index contributed by atoms with van der Waals surface area (Å²) in [7, 11) is 2.26. The summed E-state index contributed by atoms with van der Waals surface area (Å²) in [5, 5.41) is 15.0. The van der Waals surface area contributed by atoms with Crippen molar-refractivity contribution in [3.05, 3.63) is 29.1 Å². The van der Waals surface area contributed by atoms with E-state index in [1.54, 1.807) is 0 Å². The maximum Gasteiger partial charge on any atom is 0.166 e. The summed E-state index contributed by atoms with van der Waals surface area (Å²) in [5.41, 5.74) is 3.64. The summed E-state index contributed by atoms with van der Waals surface area (Å²) >= 11 is 0. The van der Waals surface area contributed by atoms with Crippen LogP contribution in [-0.4, -0.2) is 51.5 Å². The molecule has 3 heterocycles. The number of carbonyl (C=O) groups excluding carboxylic acids is 1. The van der Waals surface area contributed by atoms with Gasteiger partial charge >= 0.3 is 0 Å². The Morgan fingerprint density at radius 3 is 2.58 bits per heavy atom. The summed E-state index contributed by atoms with van der Waals surface area (Å²) < 4.78 is 0. The van der Waals surface area contributed by atoms with E-state index in [1.165, 1.54) is 25.7 Å². The van der Waals surface area contributed by atoms with Crippen LogP contribution in [0.5, 0.6) is 0 Å². The van der Waals surface area contributed by atoms with Gasteiger partial charge in [0.25, 0.3) is 0 Å². The van der Waals surface area contributed by atoms with Gasteiger partial charge in [0, 0.05) is 42.7 Å². The minimum Gasteiger partial charge on any atom is -0.390 e. The second kappa shape index (κ2) is 7.39. The third-order valence-corrected chi connectivity index (χ3v) is 10.3. The Morgan fingerprint density at radius 2 is 1.88 bits per heavy atom. The lowest BCUT2D eigenvalue weighted by Gasteiger charge is -2.58. The fourth-order valence-corrected chi connectivity index (χ4v) is 9.01. The Bertz CT molecular complexity index is 989. The van der Waals surface area contributed by atoms with Crippen molar-refractivity contribution in [2.45, 2.75) is 94.4 Å². The van der Waals surface area contributed by atoms with Crippen LogP contribution >= 0.6 is 0 Å². The average molecular weight is 448 g/mol. The number of fused-ring (bicyclic) bond motifs is 3. The standard InChI is InChI=1S/C28H37N3O2/c1-31-20-5-6-21(31)10-16(9-20)11-25(32)23-15-29-24-4-2-3-22(24)27(23)30-26-18-7-17-8-19(26)14-28(33,12-17)13-18/h2-3,15-21,26,33H,4-14H2,1H3,(H,29,30)/t17?,18?,19?,20-,21-,26?,28?/m0/s1. The molecule has 6 fully saturated rings. The molecule has 6 bridgehead atoms. The highest BCUT2D eigenvalue weighted by Crippen LogP contribution is 2.56. The van der Waals surface area contributed by atoms with Crippen LogP contribution in [0.15, 0.2) is 12.3 Å². The zero-order valence-corrected chi connectivity index (χ0v) is 19.8. The van der Waals surface area contributed by atoms with E-state index in [4.69, 9.17) is 4.98 Å². The SMILES string of the molecule is CN1[C@H]2CC[C@H]1CC(CC(=O)c1cnc3c(c1NC1C4CC5CC1CC(O)(C5)C4)C=CC3)C2. The molecule has 2 aliphatic heterocycles. The first-order chi connectivity index (χ1) is 16.0. The van der Waals surface area contributed by atoms with Gasteiger partial charge in [-0.1, -0.05) is 12.2 Å². The molecule has 0 amide bonds. The van der Waals surface area contributed by atoms with Crippen molar-refractivity contribution in [3.63, 3.8) is 0 Å². The van der Waals surface area contributed by atoms with Crippen molar-refractivity contribution in [2.75, 3.05) is 12.4 Å². The van der Waals surface area contributed by atoms with Crippen LogP contribution in [0.25, 0.3) is 6.08 Å². The molecule has 0 aromatic carbocycles. The Balaban J connectivity index is 1.16. The third-order valence-electron chi connectivity index (χ3n) is 10.3. The van der Waals surface area contributed by atoms with Gasteiger partial charge in [-0.05, 0) is 88.5 Å². The number of aliphatic hydroxyl groups is 1. The van der Waals surface area contributed by atoms with Crippen LogP contribution in [0.3, 0.4) is 0 Å². The number of aromatic nitrogens is 1. The Labute approximate surface area is 197 Å². The summed E-state index contributed by atoms with van der Waals surface area (Å²) in [4.78, 5) is 21.0. The number of hydrogen-bond acceptors (Lipinski definition) is 5. The number of hydrogen-bond donors (Lipinski definition) is 2. The zero-order chi connectivity index (χ0) is 22.3. The molecule has 8 rings (SSSR count). The molecule has 176 valence electrons. The smallest absolute Gasteiger partial charge is 0.166 e. The molecule has 33 heavy (non-hydrogen) atoms. The summed E-state index contributed by atoms with van der Waals surface area (Å²) in [6.07, 6.45) is 17.9. The van der Waals surface area contributed by atoms with Gasteiger partial charge in [0.1, 0.15) is 0 Å². The molecule has 2 N–H and O–H groups in total. The van der Waals surface area contributed by atoms with Crippen LogP contribution in [0.1, 0.15) is 85.8 Å². The molecule has 7 aliphatic rings. The van der Waals surface area contributed by atoms with Gasteiger partial charge in [-0.25, -0.2) is 0 Å². The fourth-order valence-electron chi connectivity index (χ4n) is 9.01. The highest BCUT2D eigenvalue weighted by Gasteiger charge is 2.55. The van der Waals surface area contributed by atoms with Crippen molar-refractivity contribution in [3.8, 4) is 0 Å². The van der Waals surface area contributed by atoms with Gasteiger partial charge in [-0.2, -0.15) is 0 Å². The predicted octanol–water partition coefficient (Wildman–Crippen LogP) is 4.45. The van der Waals surface area contributed by atoms with Crippen LogP contribution in [-0.2, 0) is 6.42 Å². The Morgan fingerprint density at radius 1 is 1.15 bits per heavy atom. The molecule has 4 saturated carbocycles. The number of pyridine rings is 1. The average Bonchev–Trinajstić information content (AvgIpc) is 3.30. The van der Waals surface area contributed by atoms with Crippen LogP contribution in [0, 0.1) is 23.7 Å². The molecule has 2 saturated heterocycles. The first-order valence-electron chi connectivity index (χ1n) is 13.4. The molecule has 5 heteroatoms. The predicted molar refractivity (Wildman–Crippen MR) is 129 cm³/mol. The van der Waals surface area contributed by atoms with E-state index in [1.807, 2.05) is 6.20 Å². The number of piperidine rings is 1. The summed E-state index contributed by atoms with van der Waals surface area (Å²) in [6, 6.07) is 1.70. The number of nitrogens with zero attached hydrogens (tertiary/aromatic N) is 2. The van der Waals surface area contributed by atoms with Gasteiger partial charge in [0.05, 0.1) is 22.5 Å². The topological polar surface area (TPSA) is 65.5 Å². The van der Waals surface area contributed by atoms with Crippen molar-refractivity contribution in [1.29, 1.82) is 0 Å². The Kier molecular flexibility index (Phi) is 4.62. The van der Waals surface area contributed by atoms with Gasteiger partial charge < -0.3 is 15.3 Å². The number of rotatable bonds is 5. The molecular weight excluding hydrogens is 410 g/mol. The number of nitrogens with one attached hydrogen (secondary N) is 1. The lowest BCUT2D eigenvalue weighted by Crippen LogP contribution is -2.59. The number of Topliss-reactive ketones (excluding diaryl/α,β-unsaturated/α-hetero) is 1. The van der Waals surface area contributed by atoms with Gasteiger partial charge in [-0.3, -0.25) is 9.78 Å². The van der Waals surface area contributed by atoms with E-state index in [9.17, 15) is 9.90 Å². The molecule has 2 unspecified atom stereocenters. The third kappa shape index (κ3) is 3.33. The highest BCUT2D eigenvalue weighted by molar-refractivity contribution is 6.03. The largest absolute Gasteiger partial charge is 0.390 e. The van der Waals surface area contributed by atoms with Crippen molar-refractivity contribution in [1.82, 2.24) is 9.88 Å². The lowest BCUT2D eigenvalue weighted by molar-refractivity contribution is -0.129. The molecule has 4 atom stereocenters. The van der Waals surface area contributed by atoms with Crippen molar-refractivity contribution < 1.29 is 9.90 Å². The molecule has 0 spiro atoms. The summed E-state index contributed by atoms with van der Waals surface area (Å²) in [5.74, 6) is 2.49. The normalized spacial score (nSPS) is 42.7. The maximum absolute atomic E-state index is 13.7. The molecular formula is C28H37N3O2. The van der Waals surface area contributed by atoms with Gasteiger partial charge in [0.2, 0.25) is 0 Å². The second-order valence-electron chi connectivity index (χ2n) is 12.4. The van der Waals surface area contributed by atoms with E-state index >= 15 is 0 Å².